The fraction of sp³-hybridized carbons (Fsp3) is 0.0526. The van der Waals surface area contributed by atoms with E-state index in [2.05, 4.69) is 42.5 Å². The topological polar surface area (TPSA) is 29.3 Å². The third kappa shape index (κ3) is 1.92. The number of para-hydroxylation sites is 1. The second-order valence-electron chi connectivity index (χ2n) is 5.34. The summed E-state index contributed by atoms with van der Waals surface area (Å²) < 4.78 is 0. The predicted molar refractivity (Wildman–Crippen MR) is 87.5 cm³/mol. The molecule has 4 rings (SSSR count). The van der Waals surface area contributed by atoms with Crippen LogP contribution in [0, 0.1) is 0 Å². The Balaban J connectivity index is 1.83. The van der Waals surface area contributed by atoms with Crippen molar-refractivity contribution in [1.29, 1.82) is 0 Å². The number of fused-ring (bicyclic) bond motifs is 3. The quantitative estimate of drug-likeness (QED) is 0.436. The Morgan fingerprint density at radius 2 is 1.43 bits per heavy atom. The number of nitrogens with two attached hydrogens (primary N) is 1. The highest BCUT2D eigenvalue weighted by atomic mass is 15.4. The highest BCUT2D eigenvalue weighted by Crippen LogP contribution is 2.41. The largest absolute Gasteiger partial charge is 0.279 e. The first-order valence-electron chi connectivity index (χ1n) is 7.14. The van der Waals surface area contributed by atoms with Crippen LogP contribution in [0.5, 0.6) is 0 Å². The van der Waals surface area contributed by atoms with Gasteiger partial charge < -0.3 is 0 Å². The molecule has 0 aliphatic heterocycles. The molecule has 0 aromatic heterocycles. The fourth-order valence-electron chi connectivity index (χ4n) is 3.09. The van der Waals surface area contributed by atoms with Gasteiger partial charge in [0.2, 0.25) is 0 Å². The molecule has 3 aromatic rings. The van der Waals surface area contributed by atoms with E-state index in [1.165, 1.54) is 22.3 Å². The Morgan fingerprint density at radius 1 is 0.714 bits per heavy atom. The van der Waals surface area contributed by atoms with Gasteiger partial charge in [0.15, 0.2) is 0 Å². The Hall–Kier alpha value is -2.58. The fourth-order valence-corrected chi connectivity index (χ4v) is 3.09. The van der Waals surface area contributed by atoms with E-state index in [1.807, 2.05) is 30.3 Å². The van der Waals surface area contributed by atoms with Crippen molar-refractivity contribution in [3.63, 3.8) is 0 Å². The maximum atomic E-state index is 6.36. The van der Waals surface area contributed by atoms with Crippen molar-refractivity contribution in [3.8, 4) is 11.1 Å². The second-order valence-corrected chi connectivity index (χ2v) is 5.34. The number of benzene rings is 3. The lowest BCUT2D eigenvalue weighted by Gasteiger charge is -2.21. The van der Waals surface area contributed by atoms with E-state index in [-0.39, 0.29) is 0 Å². The number of nitrogens with zero attached hydrogens (tertiary/aromatic N) is 1. The molecule has 0 fully saturated rings. The maximum absolute atomic E-state index is 6.36. The molecule has 0 atom stereocenters. The minimum absolute atomic E-state index is 0.947. The van der Waals surface area contributed by atoms with Gasteiger partial charge in [-0.3, -0.25) is 5.01 Å². The molecule has 0 spiro atoms. The lowest BCUT2D eigenvalue weighted by atomic mass is 10.0. The van der Waals surface area contributed by atoms with Crippen molar-refractivity contribution < 1.29 is 0 Å². The van der Waals surface area contributed by atoms with E-state index in [9.17, 15) is 0 Å². The van der Waals surface area contributed by atoms with Crippen LogP contribution < -0.4 is 10.9 Å². The van der Waals surface area contributed by atoms with Crippen molar-refractivity contribution in [2.45, 2.75) is 6.42 Å². The van der Waals surface area contributed by atoms with Gasteiger partial charge in [0, 0.05) is 6.42 Å². The molecule has 1 aliphatic carbocycles. The molecular formula is C19H16N2. The molecule has 0 unspecified atom stereocenters. The van der Waals surface area contributed by atoms with E-state index in [4.69, 9.17) is 5.84 Å². The van der Waals surface area contributed by atoms with Crippen molar-refractivity contribution in [2.75, 3.05) is 5.01 Å². The first kappa shape index (κ1) is 12.2. The molecule has 0 saturated carbocycles. The normalized spacial score (nSPS) is 11.9. The van der Waals surface area contributed by atoms with Gasteiger partial charge in [-0.2, -0.15) is 0 Å². The molecule has 0 radical (unpaired) electrons. The third-order valence-corrected chi connectivity index (χ3v) is 4.12. The van der Waals surface area contributed by atoms with E-state index in [0.29, 0.717) is 0 Å². The summed E-state index contributed by atoms with van der Waals surface area (Å²) in [5.74, 6) is 6.36. The Labute approximate surface area is 124 Å². The van der Waals surface area contributed by atoms with Crippen molar-refractivity contribution in [2.24, 2.45) is 5.84 Å². The van der Waals surface area contributed by atoms with Crippen molar-refractivity contribution in [3.05, 3.63) is 83.9 Å². The third-order valence-electron chi connectivity index (χ3n) is 4.12. The predicted octanol–water partition coefficient (Wildman–Crippen LogP) is 4.27. The van der Waals surface area contributed by atoms with E-state index >= 15 is 0 Å². The first-order valence-corrected chi connectivity index (χ1v) is 7.14. The zero-order chi connectivity index (χ0) is 14.2. The Morgan fingerprint density at radius 3 is 2.29 bits per heavy atom. The SMILES string of the molecule is NN(c1ccccc1)c1cccc2c1Cc1ccccc1-2. The summed E-state index contributed by atoms with van der Waals surface area (Å²) in [4.78, 5) is 0. The van der Waals surface area contributed by atoms with E-state index < -0.39 is 0 Å². The molecule has 21 heavy (non-hydrogen) atoms. The zero-order valence-corrected chi connectivity index (χ0v) is 11.7. The summed E-state index contributed by atoms with van der Waals surface area (Å²) >= 11 is 0. The molecule has 2 N–H and O–H groups in total. The Bertz CT molecular complexity index is 794. The van der Waals surface area contributed by atoms with Gasteiger partial charge in [-0.15, -0.1) is 0 Å². The molecule has 0 heterocycles. The minimum Gasteiger partial charge on any atom is -0.279 e. The molecule has 0 amide bonds. The Kier molecular flexibility index (Phi) is 2.76. The summed E-state index contributed by atoms with van der Waals surface area (Å²) in [5.41, 5.74) is 7.40. The van der Waals surface area contributed by atoms with Gasteiger partial charge in [0.1, 0.15) is 0 Å². The van der Waals surface area contributed by atoms with Crippen molar-refractivity contribution >= 4 is 11.4 Å². The van der Waals surface area contributed by atoms with Crippen LogP contribution in [0.3, 0.4) is 0 Å². The summed E-state index contributed by atoms with van der Waals surface area (Å²) in [7, 11) is 0. The van der Waals surface area contributed by atoms with Gasteiger partial charge in [0.05, 0.1) is 11.4 Å². The minimum atomic E-state index is 0.947. The lowest BCUT2D eigenvalue weighted by Crippen LogP contribution is -2.25. The number of rotatable bonds is 2. The molecule has 2 heteroatoms. The van der Waals surface area contributed by atoms with Crippen LogP contribution in [0.1, 0.15) is 11.1 Å². The van der Waals surface area contributed by atoms with Gasteiger partial charge in [-0.05, 0) is 40.5 Å². The molecule has 1 aliphatic rings. The summed E-state index contributed by atoms with van der Waals surface area (Å²) in [6, 6.07) is 25.0. The summed E-state index contributed by atoms with van der Waals surface area (Å²) in [5, 5.41) is 1.78. The van der Waals surface area contributed by atoms with Crippen LogP contribution in [-0.4, -0.2) is 0 Å². The average Bonchev–Trinajstić information content (AvgIpc) is 2.94. The van der Waals surface area contributed by atoms with E-state index in [1.54, 1.807) is 5.01 Å². The van der Waals surface area contributed by atoms with Gasteiger partial charge in [-0.1, -0.05) is 54.6 Å². The van der Waals surface area contributed by atoms with Crippen molar-refractivity contribution in [1.82, 2.24) is 0 Å². The number of hydrogen-bond donors (Lipinski definition) is 1. The molecule has 0 bridgehead atoms. The maximum Gasteiger partial charge on any atom is 0.0616 e. The van der Waals surface area contributed by atoms with Crippen LogP contribution in [0.2, 0.25) is 0 Å². The smallest absolute Gasteiger partial charge is 0.0616 e. The van der Waals surface area contributed by atoms with Gasteiger partial charge >= 0.3 is 0 Å². The summed E-state index contributed by atoms with van der Waals surface area (Å²) in [6.45, 7) is 0. The van der Waals surface area contributed by atoms with E-state index in [0.717, 1.165) is 17.8 Å². The van der Waals surface area contributed by atoms with Crippen LogP contribution in [-0.2, 0) is 6.42 Å². The monoisotopic (exact) mass is 272 g/mol. The molecular weight excluding hydrogens is 256 g/mol. The molecule has 3 aromatic carbocycles. The van der Waals surface area contributed by atoms with Crippen LogP contribution >= 0.6 is 0 Å². The van der Waals surface area contributed by atoms with Gasteiger partial charge in [-0.25, -0.2) is 5.84 Å². The second kappa shape index (κ2) is 4.76. The van der Waals surface area contributed by atoms with Crippen LogP contribution in [0.15, 0.2) is 72.8 Å². The number of hydrogen-bond acceptors (Lipinski definition) is 2. The average molecular weight is 272 g/mol. The highest BCUT2D eigenvalue weighted by molar-refractivity contribution is 5.83. The zero-order valence-electron chi connectivity index (χ0n) is 11.7. The van der Waals surface area contributed by atoms with Gasteiger partial charge in [0.25, 0.3) is 0 Å². The summed E-state index contributed by atoms with van der Waals surface area (Å²) in [6.07, 6.45) is 0.947. The first-order chi connectivity index (χ1) is 10.3. The molecule has 2 nitrogen and oxygen atoms in total. The van der Waals surface area contributed by atoms with Crippen LogP contribution in [0.4, 0.5) is 11.4 Å². The molecule has 0 saturated heterocycles. The number of anilines is 2. The number of hydrazine groups is 1. The standard InChI is InChI=1S/C19H16N2/c20-21(15-8-2-1-3-9-15)19-12-6-11-17-16-10-5-4-7-14(16)13-18(17)19/h1-12H,13,20H2. The lowest BCUT2D eigenvalue weighted by molar-refractivity contribution is 1.06. The molecule has 102 valence electrons. The van der Waals surface area contributed by atoms with Crippen LogP contribution in [0.25, 0.3) is 11.1 Å². The highest BCUT2D eigenvalue weighted by Gasteiger charge is 2.22.